The molecule has 0 saturated carbocycles. The molecule has 0 amide bonds. The van der Waals surface area contributed by atoms with E-state index in [1.54, 1.807) is 0 Å². The number of aliphatic carboxylic acids is 1. The Labute approximate surface area is 71.5 Å². The Kier molecular flexibility index (Phi) is 4.04. The topological polar surface area (TPSA) is 59.1 Å². The summed E-state index contributed by atoms with van der Waals surface area (Å²) in [6.45, 7) is 2.63. The van der Waals surface area contributed by atoms with E-state index >= 15 is 0 Å². The van der Waals surface area contributed by atoms with E-state index in [9.17, 15) is 4.79 Å². The molecule has 0 spiro atoms. The van der Waals surface area contributed by atoms with E-state index in [-0.39, 0.29) is 12.5 Å². The van der Waals surface area contributed by atoms with E-state index in [0.29, 0.717) is 6.61 Å². The van der Waals surface area contributed by atoms with Crippen molar-refractivity contribution in [1.82, 2.24) is 0 Å². The van der Waals surface area contributed by atoms with Crippen LogP contribution in [0.3, 0.4) is 0 Å². The maximum absolute atomic E-state index is 9.77. The summed E-state index contributed by atoms with van der Waals surface area (Å²) in [6, 6.07) is 0. The lowest BCUT2D eigenvalue weighted by Crippen LogP contribution is -1.98. The van der Waals surface area contributed by atoms with Crippen LogP contribution in [0.1, 0.15) is 19.3 Å². The molecule has 2 heterocycles. The van der Waals surface area contributed by atoms with Gasteiger partial charge in [0.25, 0.3) is 0 Å². The van der Waals surface area contributed by atoms with Gasteiger partial charge in [-0.15, -0.1) is 0 Å². The first-order valence-electron chi connectivity index (χ1n) is 4.20. The molecule has 4 heteroatoms. The fraction of sp³-hybridized carbons (Fsp3) is 0.875. The molecule has 2 saturated heterocycles. The van der Waals surface area contributed by atoms with Crippen LogP contribution in [0.15, 0.2) is 0 Å². The Balaban J connectivity index is 0.000000127. The van der Waals surface area contributed by atoms with Crippen molar-refractivity contribution in [3.05, 3.63) is 0 Å². The van der Waals surface area contributed by atoms with Gasteiger partial charge in [0.15, 0.2) is 0 Å². The fourth-order valence-electron chi connectivity index (χ4n) is 0.891. The SMILES string of the molecule is C1CCOC1.O=C(O)CC1CO1. The van der Waals surface area contributed by atoms with Crippen LogP contribution < -0.4 is 0 Å². The quantitative estimate of drug-likeness (QED) is 0.624. The number of ether oxygens (including phenoxy) is 2. The first kappa shape index (κ1) is 9.48. The van der Waals surface area contributed by atoms with Crippen molar-refractivity contribution in [1.29, 1.82) is 0 Å². The van der Waals surface area contributed by atoms with Gasteiger partial charge in [-0.2, -0.15) is 0 Å². The molecule has 2 rings (SSSR count). The molecule has 0 aromatic rings. The normalized spacial score (nSPS) is 25.8. The average Bonchev–Trinajstić information content (AvgIpc) is 2.67. The zero-order valence-electron chi connectivity index (χ0n) is 6.99. The van der Waals surface area contributed by atoms with E-state index < -0.39 is 5.97 Å². The van der Waals surface area contributed by atoms with Gasteiger partial charge in [-0.05, 0) is 12.8 Å². The summed E-state index contributed by atoms with van der Waals surface area (Å²) in [6.07, 6.45) is 2.75. The number of epoxide rings is 1. The van der Waals surface area contributed by atoms with Crippen molar-refractivity contribution in [3.8, 4) is 0 Å². The number of carboxylic acid groups (broad SMARTS) is 1. The fourth-order valence-corrected chi connectivity index (χ4v) is 0.891. The summed E-state index contributed by atoms with van der Waals surface area (Å²) in [5.74, 6) is -0.775. The largest absolute Gasteiger partial charge is 0.481 e. The summed E-state index contributed by atoms with van der Waals surface area (Å²) in [5, 5.41) is 8.04. The molecule has 0 radical (unpaired) electrons. The van der Waals surface area contributed by atoms with Crippen molar-refractivity contribution < 1.29 is 19.4 Å². The lowest BCUT2D eigenvalue weighted by molar-refractivity contribution is -0.137. The highest BCUT2D eigenvalue weighted by Crippen LogP contribution is 2.12. The van der Waals surface area contributed by atoms with Crippen molar-refractivity contribution >= 4 is 5.97 Å². The Morgan fingerprint density at radius 2 is 2.00 bits per heavy atom. The Morgan fingerprint density at radius 3 is 2.17 bits per heavy atom. The summed E-state index contributed by atoms with van der Waals surface area (Å²) in [4.78, 5) is 9.77. The first-order valence-corrected chi connectivity index (χ1v) is 4.20. The second-order valence-corrected chi connectivity index (χ2v) is 2.87. The minimum absolute atomic E-state index is 0.0255. The van der Waals surface area contributed by atoms with Gasteiger partial charge in [-0.3, -0.25) is 4.79 Å². The second kappa shape index (κ2) is 5.11. The zero-order chi connectivity index (χ0) is 8.81. The van der Waals surface area contributed by atoms with Crippen LogP contribution in [-0.4, -0.2) is 37.0 Å². The third-order valence-corrected chi connectivity index (χ3v) is 1.63. The van der Waals surface area contributed by atoms with E-state index in [1.165, 1.54) is 12.8 Å². The molecule has 0 aromatic heterocycles. The molecule has 0 bridgehead atoms. The molecule has 12 heavy (non-hydrogen) atoms. The molecule has 4 nitrogen and oxygen atoms in total. The highest BCUT2D eigenvalue weighted by Gasteiger charge is 2.24. The van der Waals surface area contributed by atoms with Crippen molar-refractivity contribution in [2.75, 3.05) is 19.8 Å². The zero-order valence-corrected chi connectivity index (χ0v) is 6.99. The Morgan fingerprint density at radius 1 is 1.42 bits per heavy atom. The maximum Gasteiger partial charge on any atom is 0.306 e. The van der Waals surface area contributed by atoms with Crippen LogP contribution in [0, 0.1) is 0 Å². The van der Waals surface area contributed by atoms with E-state index in [1.807, 2.05) is 0 Å². The Hall–Kier alpha value is -0.610. The van der Waals surface area contributed by atoms with Gasteiger partial charge < -0.3 is 14.6 Å². The average molecular weight is 174 g/mol. The highest BCUT2D eigenvalue weighted by molar-refractivity contribution is 5.67. The lowest BCUT2D eigenvalue weighted by atomic mass is 10.3. The molecule has 70 valence electrons. The summed E-state index contributed by atoms with van der Waals surface area (Å²) >= 11 is 0. The molecular weight excluding hydrogens is 160 g/mol. The monoisotopic (exact) mass is 174 g/mol. The van der Waals surface area contributed by atoms with Crippen molar-refractivity contribution in [3.63, 3.8) is 0 Å². The second-order valence-electron chi connectivity index (χ2n) is 2.87. The van der Waals surface area contributed by atoms with Gasteiger partial charge in [-0.1, -0.05) is 0 Å². The van der Waals surface area contributed by atoms with E-state index in [4.69, 9.17) is 9.84 Å². The standard InChI is InChI=1S/C4H6O3.C4H8O/c5-4(6)1-3-2-7-3;1-2-4-5-3-1/h3H,1-2H2,(H,5,6);1-4H2. The summed E-state index contributed by atoms with van der Waals surface area (Å²) < 4.78 is 9.58. The molecule has 2 fully saturated rings. The van der Waals surface area contributed by atoms with Gasteiger partial charge in [0, 0.05) is 13.2 Å². The van der Waals surface area contributed by atoms with Gasteiger partial charge in [0.05, 0.1) is 19.1 Å². The minimum atomic E-state index is -0.775. The van der Waals surface area contributed by atoms with Crippen molar-refractivity contribution in [2.24, 2.45) is 0 Å². The summed E-state index contributed by atoms with van der Waals surface area (Å²) in [7, 11) is 0. The molecule has 2 aliphatic heterocycles. The van der Waals surface area contributed by atoms with Crippen LogP contribution in [0.25, 0.3) is 0 Å². The molecule has 1 unspecified atom stereocenters. The maximum atomic E-state index is 9.77. The number of hydrogen-bond donors (Lipinski definition) is 1. The minimum Gasteiger partial charge on any atom is -0.481 e. The van der Waals surface area contributed by atoms with Crippen LogP contribution in [0.4, 0.5) is 0 Å². The molecule has 2 aliphatic rings. The smallest absolute Gasteiger partial charge is 0.306 e. The van der Waals surface area contributed by atoms with E-state index in [0.717, 1.165) is 13.2 Å². The van der Waals surface area contributed by atoms with Gasteiger partial charge in [-0.25, -0.2) is 0 Å². The first-order chi connectivity index (χ1) is 5.79. The highest BCUT2D eigenvalue weighted by atomic mass is 16.6. The summed E-state index contributed by atoms with van der Waals surface area (Å²) in [5.41, 5.74) is 0. The van der Waals surface area contributed by atoms with Crippen molar-refractivity contribution in [2.45, 2.75) is 25.4 Å². The van der Waals surface area contributed by atoms with E-state index in [2.05, 4.69) is 4.74 Å². The Bertz CT molecular complexity index is 130. The third-order valence-electron chi connectivity index (χ3n) is 1.63. The molecule has 0 aromatic carbocycles. The molecule has 1 N–H and O–H groups in total. The van der Waals surface area contributed by atoms with Gasteiger partial charge in [0.1, 0.15) is 0 Å². The molecular formula is C8H14O4. The van der Waals surface area contributed by atoms with Crippen LogP contribution >= 0.6 is 0 Å². The predicted molar refractivity (Wildman–Crippen MR) is 42.0 cm³/mol. The van der Waals surface area contributed by atoms with Gasteiger partial charge >= 0.3 is 5.97 Å². The van der Waals surface area contributed by atoms with Crippen LogP contribution in [0.5, 0.6) is 0 Å². The predicted octanol–water partition coefficient (Wildman–Crippen LogP) is 0.657. The lowest BCUT2D eigenvalue weighted by Gasteiger charge is -1.80. The number of hydrogen-bond acceptors (Lipinski definition) is 3. The number of rotatable bonds is 2. The van der Waals surface area contributed by atoms with Crippen LogP contribution in [-0.2, 0) is 14.3 Å². The number of carboxylic acids is 1. The van der Waals surface area contributed by atoms with Crippen LogP contribution in [0.2, 0.25) is 0 Å². The molecule has 1 atom stereocenters. The third kappa shape index (κ3) is 5.09. The number of carbonyl (C=O) groups is 1. The van der Waals surface area contributed by atoms with Gasteiger partial charge in [0.2, 0.25) is 0 Å². The molecule has 0 aliphatic carbocycles.